The first-order valence-corrected chi connectivity index (χ1v) is 6.39. The molecule has 0 saturated heterocycles. The first-order chi connectivity index (χ1) is 9.74. The number of hydrogen-bond acceptors (Lipinski definition) is 3. The fourth-order valence-electron chi connectivity index (χ4n) is 1.95. The van der Waals surface area contributed by atoms with Crippen molar-refractivity contribution < 1.29 is 41.0 Å². The minimum Gasteiger partial charge on any atom is -0.462 e. The summed E-state index contributed by atoms with van der Waals surface area (Å²) in [7, 11) is 0. The summed E-state index contributed by atoms with van der Waals surface area (Å²) in [5.74, 6) is -2.52. The molecule has 0 aliphatic carbocycles. The molecule has 22 heavy (non-hydrogen) atoms. The van der Waals surface area contributed by atoms with E-state index in [0.717, 1.165) is 6.08 Å². The zero-order chi connectivity index (χ0) is 17.8. The number of esters is 1. The van der Waals surface area contributed by atoms with Crippen molar-refractivity contribution in [1.29, 1.82) is 0 Å². The van der Waals surface area contributed by atoms with Crippen molar-refractivity contribution in [2.24, 2.45) is 11.8 Å². The van der Waals surface area contributed by atoms with Crippen LogP contribution in [-0.2, 0) is 9.53 Å². The maximum absolute atomic E-state index is 12.7. The number of carbonyl (C=O) groups is 1. The van der Waals surface area contributed by atoms with Gasteiger partial charge in [0.1, 0.15) is 0 Å². The predicted octanol–water partition coefficient (Wildman–Crippen LogP) is 3.62. The maximum atomic E-state index is 12.7. The normalized spacial score (nSPS) is 14.8. The average Bonchev–Trinajstić information content (AvgIpc) is 2.31. The highest BCUT2D eigenvalue weighted by molar-refractivity contribution is 5.81. The van der Waals surface area contributed by atoms with Crippen LogP contribution in [0.15, 0.2) is 12.7 Å². The predicted molar refractivity (Wildman–Crippen MR) is 65.8 cm³/mol. The van der Waals surface area contributed by atoms with Crippen LogP contribution in [0.4, 0.5) is 26.3 Å². The Morgan fingerprint density at radius 3 is 1.95 bits per heavy atom. The summed E-state index contributed by atoms with van der Waals surface area (Å²) in [6.07, 6.45) is -12.8. The SMILES string of the molecule is C=CC(=O)OCC(CC(C)C)CC(O)(C(F)(F)F)C(F)(F)F. The van der Waals surface area contributed by atoms with Crippen LogP contribution in [0, 0.1) is 11.8 Å². The van der Waals surface area contributed by atoms with Crippen LogP contribution in [0.3, 0.4) is 0 Å². The molecule has 0 heterocycles. The van der Waals surface area contributed by atoms with Crippen LogP contribution in [0.5, 0.6) is 0 Å². The standard InChI is InChI=1S/C13H18F6O3/c1-4-10(20)22-7-9(5-8(2)3)6-11(21,12(14,15)16)13(17,18)19/h4,8-9,21H,1,5-7H2,2-3H3. The van der Waals surface area contributed by atoms with E-state index >= 15 is 0 Å². The van der Waals surface area contributed by atoms with Gasteiger partial charge in [0, 0.05) is 12.5 Å². The van der Waals surface area contributed by atoms with Gasteiger partial charge < -0.3 is 9.84 Å². The molecule has 0 radical (unpaired) electrons. The quantitative estimate of drug-likeness (QED) is 0.439. The average molecular weight is 336 g/mol. The number of hydrogen-bond donors (Lipinski definition) is 1. The van der Waals surface area contributed by atoms with Crippen molar-refractivity contribution >= 4 is 5.97 Å². The fourth-order valence-corrected chi connectivity index (χ4v) is 1.95. The minimum atomic E-state index is -5.89. The summed E-state index contributed by atoms with van der Waals surface area (Å²) in [6.45, 7) is 5.57. The van der Waals surface area contributed by atoms with Crippen LogP contribution >= 0.6 is 0 Å². The van der Waals surface area contributed by atoms with Crippen LogP contribution < -0.4 is 0 Å². The van der Waals surface area contributed by atoms with Gasteiger partial charge >= 0.3 is 18.3 Å². The molecule has 0 aliphatic heterocycles. The summed E-state index contributed by atoms with van der Waals surface area (Å²) >= 11 is 0. The van der Waals surface area contributed by atoms with Gasteiger partial charge in [-0.25, -0.2) is 4.79 Å². The molecular formula is C13H18F6O3. The number of alkyl halides is 6. The van der Waals surface area contributed by atoms with E-state index in [1.807, 2.05) is 0 Å². The Bertz CT molecular complexity index is 372. The van der Waals surface area contributed by atoms with Gasteiger partial charge in [-0.05, 0) is 18.3 Å². The molecule has 0 aromatic carbocycles. The van der Waals surface area contributed by atoms with Gasteiger partial charge in [0.25, 0.3) is 5.60 Å². The highest BCUT2D eigenvalue weighted by atomic mass is 19.4. The second kappa shape index (κ2) is 7.34. The Morgan fingerprint density at radius 1 is 1.18 bits per heavy atom. The maximum Gasteiger partial charge on any atom is 0.426 e. The summed E-state index contributed by atoms with van der Waals surface area (Å²) in [6, 6.07) is 0. The van der Waals surface area contributed by atoms with Gasteiger partial charge in [-0.2, -0.15) is 26.3 Å². The van der Waals surface area contributed by atoms with Gasteiger partial charge in [0.05, 0.1) is 6.61 Å². The molecule has 0 aromatic heterocycles. The zero-order valence-electron chi connectivity index (χ0n) is 12.1. The largest absolute Gasteiger partial charge is 0.462 e. The Labute approximate surface area is 123 Å². The first kappa shape index (κ1) is 20.8. The molecule has 9 heteroatoms. The topological polar surface area (TPSA) is 46.5 Å². The molecule has 0 aliphatic rings. The smallest absolute Gasteiger partial charge is 0.426 e. The number of aliphatic hydroxyl groups is 1. The van der Waals surface area contributed by atoms with E-state index in [9.17, 15) is 36.2 Å². The van der Waals surface area contributed by atoms with Gasteiger partial charge in [-0.15, -0.1) is 0 Å². The second-order valence-electron chi connectivity index (χ2n) is 5.39. The van der Waals surface area contributed by atoms with E-state index in [-0.39, 0.29) is 12.3 Å². The van der Waals surface area contributed by atoms with Crippen molar-refractivity contribution in [2.45, 2.75) is 44.6 Å². The Morgan fingerprint density at radius 2 is 1.64 bits per heavy atom. The number of carbonyl (C=O) groups excluding carboxylic acids is 1. The van der Waals surface area contributed by atoms with Gasteiger partial charge in [-0.1, -0.05) is 20.4 Å². The van der Waals surface area contributed by atoms with E-state index in [1.54, 1.807) is 13.8 Å². The molecule has 3 nitrogen and oxygen atoms in total. The van der Waals surface area contributed by atoms with Gasteiger partial charge in [0.15, 0.2) is 0 Å². The molecule has 0 fully saturated rings. The molecule has 1 unspecified atom stereocenters. The van der Waals surface area contributed by atoms with Crippen molar-refractivity contribution in [3.63, 3.8) is 0 Å². The zero-order valence-corrected chi connectivity index (χ0v) is 12.1. The highest BCUT2D eigenvalue weighted by Gasteiger charge is 2.70. The first-order valence-electron chi connectivity index (χ1n) is 6.39. The Balaban J connectivity index is 5.29. The Hall–Kier alpha value is -1.25. The number of halogens is 6. The van der Waals surface area contributed by atoms with E-state index in [4.69, 9.17) is 0 Å². The lowest BCUT2D eigenvalue weighted by Crippen LogP contribution is -2.58. The van der Waals surface area contributed by atoms with Crippen LogP contribution in [0.2, 0.25) is 0 Å². The number of rotatable bonds is 7. The molecule has 0 bridgehead atoms. The summed E-state index contributed by atoms with van der Waals surface area (Å²) < 4.78 is 80.5. The lowest BCUT2D eigenvalue weighted by atomic mass is 9.85. The van der Waals surface area contributed by atoms with Crippen molar-refractivity contribution in [2.75, 3.05) is 6.61 Å². The van der Waals surface area contributed by atoms with Crippen molar-refractivity contribution in [1.82, 2.24) is 0 Å². The summed E-state index contributed by atoms with van der Waals surface area (Å²) in [5.41, 5.74) is -4.85. The highest BCUT2D eigenvalue weighted by Crippen LogP contribution is 2.47. The van der Waals surface area contributed by atoms with E-state index in [0.29, 0.717) is 0 Å². The van der Waals surface area contributed by atoms with E-state index in [1.165, 1.54) is 0 Å². The molecule has 0 saturated carbocycles. The van der Waals surface area contributed by atoms with Gasteiger partial charge in [-0.3, -0.25) is 0 Å². The third-order valence-corrected chi connectivity index (χ3v) is 2.95. The Kier molecular flexibility index (Phi) is 6.93. The third kappa shape index (κ3) is 5.51. The fraction of sp³-hybridized carbons (Fsp3) is 0.769. The van der Waals surface area contributed by atoms with Gasteiger partial charge in [0.2, 0.25) is 0 Å². The van der Waals surface area contributed by atoms with E-state index < -0.39 is 42.9 Å². The summed E-state index contributed by atoms with van der Waals surface area (Å²) in [5, 5.41) is 9.18. The molecular weight excluding hydrogens is 318 g/mol. The molecule has 1 N–H and O–H groups in total. The molecule has 0 rings (SSSR count). The number of ether oxygens (including phenoxy) is 1. The van der Waals surface area contributed by atoms with E-state index in [2.05, 4.69) is 11.3 Å². The lowest BCUT2D eigenvalue weighted by Gasteiger charge is -2.35. The van der Waals surface area contributed by atoms with Crippen LogP contribution in [0.1, 0.15) is 26.7 Å². The molecule has 0 amide bonds. The van der Waals surface area contributed by atoms with Crippen LogP contribution in [0.25, 0.3) is 0 Å². The second-order valence-corrected chi connectivity index (χ2v) is 5.39. The molecule has 0 aromatic rings. The molecule has 130 valence electrons. The summed E-state index contributed by atoms with van der Waals surface area (Å²) in [4.78, 5) is 10.9. The molecule has 1 atom stereocenters. The van der Waals surface area contributed by atoms with Crippen molar-refractivity contribution in [3.8, 4) is 0 Å². The monoisotopic (exact) mass is 336 g/mol. The third-order valence-electron chi connectivity index (χ3n) is 2.95. The van der Waals surface area contributed by atoms with Crippen LogP contribution in [-0.4, -0.2) is 35.6 Å². The minimum absolute atomic E-state index is 0.0844. The molecule has 0 spiro atoms. The lowest BCUT2D eigenvalue weighted by molar-refractivity contribution is -0.373. The van der Waals surface area contributed by atoms with Crippen molar-refractivity contribution in [3.05, 3.63) is 12.7 Å².